The van der Waals surface area contributed by atoms with Gasteiger partial charge in [0, 0.05) is 12.2 Å². The van der Waals surface area contributed by atoms with Crippen molar-refractivity contribution in [3.8, 4) is 0 Å². The summed E-state index contributed by atoms with van der Waals surface area (Å²) in [5, 5.41) is 2.78. The number of carbonyl (C=O) groups excluding carboxylic acids is 1. The van der Waals surface area contributed by atoms with E-state index in [1.807, 2.05) is 31.2 Å². The van der Waals surface area contributed by atoms with Crippen LogP contribution in [0.3, 0.4) is 0 Å². The Morgan fingerprint density at radius 3 is 2.46 bits per heavy atom. The first kappa shape index (κ1) is 19.7. The van der Waals surface area contributed by atoms with E-state index in [0.717, 1.165) is 11.1 Å². The lowest BCUT2D eigenvalue weighted by Crippen LogP contribution is -2.34. The van der Waals surface area contributed by atoms with Gasteiger partial charge in [-0.25, -0.2) is 8.42 Å². The SMILES string of the molecule is CCS(=O)(=O)Nc1ccc(C)n(CC(=O)NCc2ccccc2C)c1=O. The number of hydrogen-bond donors (Lipinski definition) is 2. The van der Waals surface area contributed by atoms with E-state index in [2.05, 4.69) is 10.0 Å². The molecule has 1 aromatic carbocycles. The van der Waals surface area contributed by atoms with Gasteiger partial charge in [0.1, 0.15) is 12.2 Å². The number of nitrogens with zero attached hydrogens (tertiary/aromatic N) is 1. The smallest absolute Gasteiger partial charge is 0.275 e. The molecule has 140 valence electrons. The van der Waals surface area contributed by atoms with E-state index in [-0.39, 0.29) is 23.9 Å². The summed E-state index contributed by atoms with van der Waals surface area (Å²) in [7, 11) is -3.57. The molecule has 0 spiro atoms. The average Bonchev–Trinajstić information content (AvgIpc) is 2.60. The standard InChI is InChI=1S/C18H23N3O4S/c1-4-26(24,25)20-16-10-9-14(3)21(18(16)23)12-17(22)19-11-15-8-6-5-7-13(15)2/h5-10,20H,4,11-12H2,1-3H3,(H,19,22). The Kier molecular flexibility index (Phi) is 6.20. The Labute approximate surface area is 153 Å². The van der Waals surface area contributed by atoms with Crippen molar-refractivity contribution in [2.75, 3.05) is 10.5 Å². The zero-order valence-corrected chi connectivity index (χ0v) is 15.9. The highest BCUT2D eigenvalue weighted by Gasteiger charge is 2.14. The second kappa shape index (κ2) is 8.18. The van der Waals surface area contributed by atoms with Crippen molar-refractivity contribution in [3.05, 3.63) is 63.6 Å². The Balaban J connectivity index is 2.14. The lowest BCUT2D eigenvalue weighted by atomic mass is 10.1. The van der Waals surface area contributed by atoms with Crippen molar-refractivity contribution in [1.29, 1.82) is 0 Å². The van der Waals surface area contributed by atoms with E-state index in [9.17, 15) is 18.0 Å². The maximum absolute atomic E-state index is 12.5. The Hall–Kier alpha value is -2.61. The fraction of sp³-hybridized carbons (Fsp3) is 0.333. The molecule has 7 nitrogen and oxygen atoms in total. The molecule has 1 aromatic heterocycles. The van der Waals surface area contributed by atoms with Crippen LogP contribution >= 0.6 is 0 Å². The van der Waals surface area contributed by atoms with E-state index < -0.39 is 15.6 Å². The van der Waals surface area contributed by atoms with Crippen LogP contribution in [0.25, 0.3) is 0 Å². The predicted octanol–water partition coefficient (Wildman–Crippen LogP) is 1.54. The van der Waals surface area contributed by atoms with Crippen LogP contribution in [0.15, 0.2) is 41.2 Å². The summed E-state index contributed by atoms with van der Waals surface area (Å²) in [6.07, 6.45) is 0. The molecule has 0 aliphatic heterocycles. The quantitative estimate of drug-likeness (QED) is 0.765. The molecule has 1 heterocycles. The minimum atomic E-state index is -3.57. The summed E-state index contributed by atoms with van der Waals surface area (Å²) in [5.74, 6) is -0.467. The van der Waals surface area contributed by atoms with E-state index in [4.69, 9.17) is 0 Å². The third-order valence-electron chi connectivity index (χ3n) is 4.08. The van der Waals surface area contributed by atoms with Gasteiger partial charge in [0.05, 0.1) is 5.75 Å². The molecule has 0 saturated carbocycles. The number of aromatic nitrogens is 1. The lowest BCUT2D eigenvalue weighted by Gasteiger charge is -2.13. The summed E-state index contributed by atoms with van der Waals surface area (Å²) in [6.45, 7) is 5.31. The summed E-state index contributed by atoms with van der Waals surface area (Å²) in [5.41, 5.74) is 2.02. The van der Waals surface area contributed by atoms with Gasteiger partial charge in [-0.2, -0.15) is 0 Å². The fourth-order valence-corrected chi connectivity index (χ4v) is 3.02. The Morgan fingerprint density at radius 1 is 1.12 bits per heavy atom. The van der Waals surface area contributed by atoms with Crippen molar-refractivity contribution < 1.29 is 13.2 Å². The zero-order valence-electron chi connectivity index (χ0n) is 15.1. The van der Waals surface area contributed by atoms with Crippen molar-refractivity contribution >= 4 is 21.6 Å². The van der Waals surface area contributed by atoms with Gasteiger partial charge in [0.2, 0.25) is 15.9 Å². The first-order valence-electron chi connectivity index (χ1n) is 8.25. The molecule has 0 saturated heterocycles. The normalized spacial score (nSPS) is 11.2. The molecule has 0 aliphatic rings. The molecule has 2 aromatic rings. The summed E-state index contributed by atoms with van der Waals surface area (Å²) in [4.78, 5) is 24.7. The first-order valence-corrected chi connectivity index (χ1v) is 9.91. The molecule has 0 bridgehead atoms. The lowest BCUT2D eigenvalue weighted by molar-refractivity contribution is -0.121. The molecule has 0 fully saturated rings. The van der Waals surface area contributed by atoms with Crippen LogP contribution in [0.4, 0.5) is 5.69 Å². The predicted molar refractivity (Wildman–Crippen MR) is 102 cm³/mol. The van der Waals surface area contributed by atoms with E-state index in [1.54, 1.807) is 13.0 Å². The number of aryl methyl sites for hydroxylation is 2. The number of amides is 1. The minimum Gasteiger partial charge on any atom is -0.350 e. The summed E-state index contributed by atoms with van der Waals surface area (Å²) in [6, 6.07) is 10.7. The summed E-state index contributed by atoms with van der Waals surface area (Å²) >= 11 is 0. The topological polar surface area (TPSA) is 97.3 Å². The number of carbonyl (C=O) groups is 1. The maximum Gasteiger partial charge on any atom is 0.275 e. The van der Waals surface area contributed by atoms with Crippen LogP contribution in [0.5, 0.6) is 0 Å². The third kappa shape index (κ3) is 4.95. The first-order chi connectivity index (χ1) is 12.2. The second-order valence-electron chi connectivity index (χ2n) is 5.99. The fourth-order valence-electron chi connectivity index (χ4n) is 2.39. The number of pyridine rings is 1. The van der Waals surface area contributed by atoms with Crippen LogP contribution in [0.1, 0.15) is 23.7 Å². The number of rotatable bonds is 7. The van der Waals surface area contributed by atoms with Crippen LogP contribution in [0, 0.1) is 13.8 Å². The van der Waals surface area contributed by atoms with Gasteiger partial charge in [-0.1, -0.05) is 24.3 Å². The summed E-state index contributed by atoms with van der Waals surface area (Å²) < 4.78 is 26.9. The van der Waals surface area contributed by atoms with Crippen LogP contribution in [-0.4, -0.2) is 24.6 Å². The molecule has 1 amide bonds. The second-order valence-corrected chi connectivity index (χ2v) is 8.00. The van der Waals surface area contributed by atoms with Gasteiger partial charge >= 0.3 is 0 Å². The number of anilines is 1. The molecule has 0 unspecified atom stereocenters. The van der Waals surface area contributed by atoms with Gasteiger partial charge in [-0.3, -0.25) is 14.3 Å². The maximum atomic E-state index is 12.5. The molecule has 0 atom stereocenters. The van der Waals surface area contributed by atoms with E-state index in [0.29, 0.717) is 12.2 Å². The average molecular weight is 377 g/mol. The molecule has 8 heteroatoms. The van der Waals surface area contributed by atoms with Crippen molar-refractivity contribution in [2.45, 2.75) is 33.9 Å². The molecular formula is C18H23N3O4S. The van der Waals surface area contributed by atoms with Gasteiger partial charge in [-0.05, 0) is 44.0 Å². The molecule has 2 N–H and O–H groups in total. The van der Waals surface area contributed by atoms with E-state index >= 15 is 0 Å². The number of nitrogens with one attached hydrogen (secondary N) is 2. The molecule has 26 heavy (non-hydrogen) atoms. The van der Waals surface area contributed by atoms with Gasteiger partial charge < -0.3 is 9.88 Å². The number of sulfonamides is 1. The highest BCUT2D eigenvalue weighted by Crippen LogP contribution is 2.07. The van der Waals surface area contributed by atoms with Crippen molar-refractivity contribution in [3.63, 3.8) is 0 Å². The van der Waals surface area contributed by atoms with E-state index in [1.165, 1.54) is 17.6 Å². The highest BCUT2D eigenvalue weighted by molar-refractivity contribution is 7.92. The highest BCUT2D eigenvalue weighted by atomic mass is 32.2. The zero-order chi connectivity index (χ0) is 19.3. The van der Waals surface area contributed by atoms with Gasteiger partial charge in [0.15, 0.2) is 0 Å². The molecule has 2 rings (SSSR count). The minimum absolute atomic E-state index is 0.0656. The third-order valence-corrected chi connectivity index (χ3v) is 5.37. The monoisotopic (exact) mass is 377 g/mol. The van der Waals surface area contributed by atoms with Crippen molar-refractivity contribution in [1.82, 2.24) is 9.88 Å². The molecule has 0 aliphatic carbocycles. The number of benzene rings is 1. The van der Waals surface area contributed by atoms with Crippen LogP contribution < -0.4 is 15.6 Å². The Bertz CT molecular complexity index is 965. The largest absolute Gasteiger partial charge is 0.350 e. The van der Waals surface area contributed by atoms with Gasteiger partial charge in [-0.15, -0.1) is 0 Å². The van der Waals surface area contributed by atoms with Crippen molar-refractivity contribution in [2.24, 2.45) is 0 Å². The molecule has 0 radical (unpaired) electrons. The number of hydrogen-bond acceptors (Lipinski definition) is 4. The Morgan fingerprint density at radius 2 is 1.81 bits per heavy atom. The molecular weight excluding hydrogens is 354 g/mol. The van der Waals surface area contributed by atoms with Crippen LogP contribution in [-0.2, 0) is 27.9 Å². The van der Waals surface area contributed by atoms with Gasteiger partial charge in [0.25, 0.3) is 5.56 Å². The van der Waals surface area contributed by atoms with Crippen LogP contribution in [0.2, 0.25) is 0 Å².